The van der Waals surface area contributed by atoms with Gasteiger partial charge in [-0.2, -0.15) is 0 Å². The third kappa shape index (κ3) is 3.08. The summed E-state index contributed by atoms with van der Waals surface area (Å²) in [6.45, 7) is 4.30. The van der Waals surface area contributed by atoms with Crippen molar-refractivity contribution >= 4 is 34.1 Å². The van der Waals surface area contributed by atoms with Gasteiger partial charge in [-0.1, -0.05) is 43.6 Å². The number of aryl methyl sites for hydroxylation is 1. The van der Waals surface area contributed by atoms with E-state index in [1.54, 1.807) is 0 Å². The minimum absolute atomic E-state index is 0.136. The van der Waals surface area contributed by atoms with Crippen LogP contribution in [-0.2, 0) is 12.8 Å². The topological polar surface area (TPSA) is 42.0 Å². The van der Waals surface area contributed by atoms with E-state index in [-0.39, 0.29) is 5.91 Å². The maximum atomic E-state index is 12.6. The number of hydrogen-bond acceptors (Lipinski definition) is 2. The monoisotopic (exact) mass is 364 g/mol. The fourth-order valence-corrected chi connectivity index (χ4v) is 3.86. The summed E-state index contributed by atoms with van der Waals surface area (Å²) in [6.07, 6.45) is 3.05. The summed E-state index contributed by atoms with van der Waals surface area (Å²) >= 11 is 6.55. The molecule has 1 aliphatic carbocycles. The Bertz CT molecular complexity index is 993. The number of aromatic nitrogens is 1. The molecular weight excluding hydrogens is 344 g/mol. The third-order valence-corrected chi connectivity index (χ3v) is 5.47. The van der Waals surface area contributed by atoms with Gasteiger partial charge in [-0.25, -0.2) is 0 Å². The van der Waals surface area contributed by atoms with Crippen molar-refractivity contribution in [2.75, 3.05) is 5.32 Å². The highest BCUT2D eigenvalue weighted by Crippen LogP contribution is 2.33. The lowest BCUT2D eigenvalue weighted by Crippen LogP contribution is -2.12. The minimum Gasteiger partial charge on any atom is -0.322 e. The zero-order valence-electron chi connectivity index (χ0n) is 15.0. The second kappa shape index (κ2) is 6.73. The van der Waals surface area contributed by atoms with Crippen molar-refractivity contribution in [1.82, 2.24) is 4.98 Å². The van der Waals surface area contributed by atoms with Gasteiger partial charge in [0, 0.05) is 22.3 Å². The molecule has 26 heavy (non-hydrogen) atoms. The average molecular weight is 365 g/mol. The Kier molecular flexibility index (Phi) is 4.41. The molecule has 132 valence electrons. The van der Waals surface area contributed by atoms with Crippen molar-refractivity contribution in [3.05, 3.63) is 69.9 Å². The molecule has 4 heteroatoms. The number of benzene rings is 2. The molecule has 0 aliphatic heterocycles. The lowest BCUT2D eigenvalue weighted by molar-refractivity contribution is 0.102. The highest BCUT2D eigenvalue weighted by molar-refractivity contribution is 6.36. The van der Waals surface area contributed by atoms with Crippen LogP contribution < -0.4 is 5.32 Å². The molecule has 0 radical (unpaired) electrons. The van der Waals surface area contributed by atoms with Gasteiger partial charge in [-0.15, -0.1) is 0 Å². The molecule has 0 saturated heterocycles. The molecule has 1 aliphatic rings. The Morgan fingerprint density at radius 1 is 1.12 bits per heavy atom. The number of pyridine rings is 1. The standard InChI is InChI=1S/C22H21ClN2O/c1-13(2)14-6-9-16(10-7-14)24-22(26)15-8-11-18-20(12-15)25-19-5-3-4-17(19)21(18)23/h6-13H,3-5H2,1-2H3,(H,24,26). The smallest absolute Gasteiger partial charge is 0.255 e. The zero-order valence-corrected chi connectivity index (χ0v) is 15.7. The van der Waals surface area contributed by atoms with Gasteiger partial charge in [-0.3, -0.25) is 9.78 Å². The first-order valence-electron chi connectivity index (χ1n) is 9.05. The number of rotatable bonds is 3. The molecule has 0 atom stereocenters. The van der Waals surface area contributed by atoms with Gasteiger partial charge in [0.05, 0.1) is 10.5 Å². The van der Waals surface area contributed by atoms with Crippen molar-refractivity contribution in [1.29, 1.82) is 0 Å². The number of anilines is 1. The maximum absolute atomic E-state index is 12.6. The minimum atomic E-state index is -0.136. The SMILES string of the molecule is CC(C)c1ccc(NC(=O)c2ccc3c(Cl)c4c(nc3c2)CCC4)cc1. The number of nitrogens with one attached hydrogen (secondary N) is 1. The van der Waals surface area contributed by atoms with Crippen LogP contribution in [0.25, 0.3) is 10.9 Å². The molecule has 2 aromatic carbocycles. The first-order valence-corrected chi connectivity index (χ1v) is 9.43. The predicted molar refractivity (Wildman–Crippen MR) is 107 cm³/mol. The van der Waals surface area contributed by atoms with Crippen molar-refractivity contribution in [2.45, 2.75) is 39.0 Å². The largest absolute Gasteiger partial charge is 0.322 e. The van der Waals surface area contributed by atoms with E-state index in [4.69, 9.17) is 16.6 Å². The van der Waals surface area contributed by atoms with Gasteiger partial charge in [-0.05, 0) is 60.6 Å². The fraction of sp³-hybridized carbons (Fsp3) is 0.273. The van der Waals surface area contributed by atoms with Crippen molar-refractivity contribution < 1.29 is 4.79 Å². The molecule has 1 aromatic heterocycles. The van der Waals surface area contributed by atoms with E-state index in [9.17, 15) is 4.79 Å². The molecule has 3 aromatic rings. The van der Waals surface area contributed by atoms with E-state index >= 15 is 0 Å². The molecule has 1 heterocycles. The van der Waals surface area contributed by atoms with E-state index < -0.39 is 0 Å². The molecule has 3 nitrogen and oxygen atoms in total. The molecule has 0 fully saturated rings. The maximum Gasteiger partial charge on any atom is 0.255 e. The second-order valence-electron chi connectivity index (χ2n) is 7.17. The summed E-state index contributed by atoms with van der Waals surface area (Å²) in [4.78, 5) is 17.4. The number of fused-ring (bicyclic) bond motifs is 2. The first kappa shape index (κ1) is 17.0. The summed E-state index contributed by atoms with van der Waals surface area (Å²) in [7, 11) is 0. The van der Waals surface area contributed by atoms with E-state index in [1.165, 1.54) is 11.1 Å². The second-order valence-corrected chi connectivity index (χ2v) is 7.55. The number of carbonyl (C=O) groups is 1. The molecule has 4 rings (SSSR count). The lowest BCUT2D eigenvalue weighted by Gasteiger charge is -2.10. The zero-order chi connectivity index (χ0) is 18.3. The van der Waals surface area contributed by atoms with Crippen molar-refractivity contribution in [3.63, 3.8) is 0 Å². The molecule has 0 bridgehead atoms. The van der Waals surface area contributed by atoms with Crippen LogP contribution in [0.3, 0.4) is 0 Å². The van der Waals surface area contributed by atoms with Gasteiger partial charge in [0.25, 0.3) is 5.91 Å². The molecule has 0 spiro atoms. The van der Waals surface area contributed by atoms with Crippen LogP contribution >= 0.6 is 11.6 Å². The molecule has 0 unspecified atom stereocenters. The Balaban J connectivity index is 1.62. The van der Waals surface area contributed by atoms with Gasteiger partial charge in [0.1, 0.15) is 0 Å². The van der Waals surface area contributed by atoms with Crippen LogP contribution in [-0.4, -0.2) is 10.9 Å². The van der Waals surface area contributed by atoms with Crippen LogP contribution in [0.15, 0.2) is 42.5 Å². The predicted octanol–water partition coefficient (Wildman–Crippen LogP) is 5.75. The number of halogens is 1. The van der Waals surface area contributed by atoms with Gasteiger partial charge < -0.3 is 5.32 Å². The van der Waals surface area contributed by atoms with E-state index in [2.05, 4.69) is 19.2 Å². The summed E-state index contributed by atoms with van der Waals surface area (Å²) in [5, 5.41) is 4.67. The molecule has 1 amide bonds. The molecule has 1 N–H and O–H groups in total. The van der Waals surface area contributed by atoms with Crippen LogP contribution in [0.4, 0.5) is 5.69 Å². The molecule has 0 saturated carbocycles. The fourth-order valence-electron chi connectivity index (χ4n) is 3.50. The van der Waals surface area contributed by atoms with Crippen LogP contribution in [0.2, 0.25) is 5.02 Å². The Morgan fingerprint density at radius 3 is 2.62 bits per heavy atom. The summed E-state index contributed by atoms with van der Waals surface area (Å²) in [5.74, 6) is 0.334. The van der Waals surface area contributed by atoms with Gasteiger partial charge in [0.2, 0.25) is 0 Å². The summed E-state index contributed by atoms with van der Waals surface area (Å²) in [5.41, 5.74) is 5.66. The van der Waals surface area contributed by atoms with Crippen LogP contribution in [0.5, 0.6) is 0 Å². The lowest BCUT2D eigenvalue weighted by atomic mass is 10.0. The van der Waals surface area contributed by atoms with Crippen molar-refractivity contribution in [3.8, 4) is 0 Å². The summed E-state index contributed by atoms with van der Waals surface area (Å²) in [6, 6.07) is 13.5. The Labute approximate surface area is 158 Å². The normalized spacial score (nSPS) is 13.2. The molecular formula is C22H21ClN2O. The van der Waals surface area contributed by atoms with Gasteiger partial charge in [0.15, 0.2) is 0 Å². The third-order valence-electron chi connectivity index (χ3n) is 5.04. The van der Waals surface area contributed by atoms with Gasteiger partial charge >= 0.3 is 0 Å². The average Bonchev–Trinajstić information content (AvgIpc) is 3.10. The van der Waals surface area contributed by atoms with Crippen LogP contribution in [0.1, 0.15) is 53.4 Å². The number of amides is 1. The number of hydrogen-bond donors (Lipinski definition) is 1. The number of nitrogens with zero attached hydrogens (tertiary/aromatic N) is 1. The van der Waals surface area contributed by atoms with E-state index in [1.807, 2.05) is 42.5 Å². The Morgan fingerprint density at radius 2 is 1.88 bits per heavy atom. The highest BCUT2D eigenvalue weighted by Gasteiger charge is 2.19. The van der Waals surface area contributed by atoms with Crippen molar-refractivity contribution in [2.24, 2.45) is 0 Å². The Hall–Kier alpha value is -2.39. The van der Waals surface area contributed by atoms with E-state index in [0.717, 1.165) is 46.6 Å². The highest BCUT2D eigenvalue weighted by atomic mass is 35.5. The quantitative estimate of drug-likeness (QED) is 0.642. The van der Waals surface area contributed by atoms with E-state index in [0.29, 0.717) is 11.5 Å². The number of carbonyl (C=O) groups excluding carboxylic acids is 1. The van der Waals surface area contributed by atoms with Crippen LogP contribution in [0, 0.1) is 0 Å². The summed E-state index contributed by atoms with van der Waals surface area (Å²) < 4.78 is 0. The first-order chi connectivity index (χ1) is 12.5.